The number of rotatable bonds is 6. The number of ether oxygens (including phenoxy) is 1. The number of carbonyl (C=O) groups is 2. The van der Waals surface area contributed by atoms with Crippen LogP contribution in [0.4, 0.5) is 0 Å². The Morgan fingerprint density at radius 3 is 2.74 bits per heavy atom. The highest BCUT2D eigenvalue weighted by molar-refractivity contribution is 6.31. The van der Waals surface area contributed by atoms with E-state index in [9.17, 15) is 9.59 Å². The third kappa shape index (κ3) is 5.34. The molecule has 180 valence electrons. The van der Waals surface area contributed by atoms with E-state index in [0.717, 1.165) is 47.4 Å². The summed E-state index contributed by atoms with van der Waals surface area (Å²) in [6.45, 7) is 7.83. The van der Waals surface area contributed by atoms with Crippen molar-refractivity contribution in [3.8, 4) is 0 Å². The first-order valence-electron chi connectivity index (χ1n) is 12.0. The normalized spacial score (nSPS) is 20.8. The number of halogens is 1. The van der Waals surface area contributed by atoms with Gasteiger partial charge in [-0.3, -0.25) is 14.5 Å². The molecule has 7 heteroatoms. The number of likely N-dealkylation sites (tertiary alicyclic amines) is 1. The number of piperidine rings is 1. The fourth-order valence-corrected chi connectivity index (χ4v) is 5.11. The van der Waals surface area contributed by atoms with Crippen molar-refractivity contribution >= 4 is 29.2 Å². The van der Waals surface area contributed by atoms with Gasteiger partial charge in [-0.15, -0.1) is 0 Å². The van der Waals surface area contributed by atoms with Crippen LogP contribution in [0.5, 0.6) is 0 Å². The van der Waals surface area contributed by atoms with Crippen molar-refractivity contribution in [1.29, 1.82) is 0 Å². The first kappa shape index (κ1) is 24.4. The predicted octanol–water partition coefficient (Wildman–Crippen LogP) is 4.91. The highest BCUT2D eigenvalue weighted by Crippen LogP contribution is 2.37. The SMILES string of the molecule is CCOC(=O)C1CCCN(CC(=O)N2N=C(c3cc(C)ccc3C)CC2c2ccccc2Cl)C1. The number of hydrogen-bond donors (Lipinski definition) is 0. The van der Waals surface area contributed by atoms with Gasteiger partial charge in [0.25, 0.3) is 5.91 Å². The Kier molecular flexibility index (Phi) is 7.69. The summed E-state index contributed by atoms with van der Waals surface area (Å²) >= 11 is 6.55. The fourth-order valence-electron chi connectivity index (χ4n) is 4.85. The Labute approximate surface area is 206 Å². The maximum atomic E-state index is 13.6. The van der Waals surface area contributed by atoms with Crippen molar-refractivity contribution in [2.45, 2.75) is 46.1 Å². The van der Waals surface area contributed by atoms with Crippen LogP contribution in [0.1, 0.15) is 54.5 Å². The number of hydrogen-bond acceptors (Lipinski definition) is 5. The Balaban J connectivity index is 1.58. The van der Waals surface area contributed by atoms with Crippen molar-refractivity contribution in [2.75, 3.05) is 26.2 Å². The third-order valence-corrected chi connectivity index (χ3v) is 6.96. The van der Waals surface area contributed by atoms with Gasteiger partial charge in [-0.05, 0) is 63.4 Å². The van der Waals surface area contributed by atoms with Gasteiger partial charge >= 0.3 is 5.97 Å². The molecule has 2 aliphatic rings. The molecule has 2 aliphatic heterocycles. The number of hydrazone groups is 1. The zero-order valence-electron chi connectivity index (χ0n) is 20.1. The maximum absolute atomic E-state index is 13.6. The van der Waals surface area contributed by atoms with Gasteiger partial charge in [0.2, 0.25) is 0 Å². The van der Waals surface area contributed by atoms with Crippen LogP contribution in [0.3, 0.4) is 0 Å². The topological polar surface area (TPSA) is 62.2 Å². The minimum Gasteiger partial charge on any atom is -0.466 e. The van der Waals surface area contributed by atoms with E-state index in [2.05, 4.69) is 32.0 Å². The van der Waals surface area contributed by atoms with Gasteiger partial charge in [0.1, 0.15) is 0 Å². The van der Waals surface area contributed by atoms with E-state index >= 15 is 0 Å². The molecule has 0 N–H and O–H groups in total. The molecule has 0 radical (unpaired) electrons. The molecule has 2 aromatic rings. The van der Waals surface area contributed by atoms with E-state index in [4.69, 9.17) is 21.4 Å². The van der Waals surface area contributed by atoms with Gasteiger partial charge in [-0.1, -0.05) is 47.5 Å². The summed E-state index contributed by atoms with van der Waals surface area (Å²) in [7, 11) is 0. The van der Waals surface area contributed by atoms with E-state index in [0.29, 0.717) is 24.6 Å². The highest BCUT2D eigenvalue weighted by atomic mass is 35.5. The fraction of sp³-hybridized carbons (Fsp3) is 0.444. The van der Waals surface area contributed by atoms with Crippen molar-refractivity contribution in [2.24, 2.45) is 11.0 Å². The summed E-state index contributed by atoms with van der Waals surface area (Å²) in [6.07, 6.45) is 2.26. The van der Waals surface area contributed by atoms with E-state index in [-0.39, 0.29) is 30.4 Å². The minimum absolute atomic E-state index is 0.0882. The molecule has 0 aliphatic carbocycles. The number of aryl methyl sites for hydroxylation is 2. The molecule has 34 heavy (non-hydrogen) atoms. The van der Waals surface area contributed by atoms with Gasteiger partial charge in [-0.2, -0.15) is 5.10 Å². The molecule has 2 unspecified atom stereocenters. The van der Waals surface area contributed by atoms with E-state index in [1.165, 1.54) is 0 Å². The number of benzene rings is 2. The quantitative estimate of drug-likeness (QED) is 0.550. The number of amides is 1. The van der Waals surface area contributed by atoms with Crippen molar-refractivity contribution in [3.05, 3.63) is 69.7 Å². The summed E-state index contributed by atoms with van der Waals surface area (Å²) in [6, 6.07) is 13.7. The summed E-state index contributed by atoms with van der Waals surface area (Å²) < 4.78 is 5.21. The lowest BCUT2D eigenvalue weighted by Gasteiger charge is -2.32. The first-order chi connectivity index (χ1) is 16.4. The molecule has 6 nitrogen and oxygen atoms in total. The summed E-state index contributed by atoms with van der Waals surface area (Å²) in [5, 5.41) is 7.06. The molecular formula is C27H32ClN3O3. The molecule has 4 rings (SSSR count). The second-order valence-electron chi connectivity index (χ2n) is 9.17. The summed E-state index contributed by atoms with van der Waals surface area (Å²) in [5.41, 5.74) is 5.13. The van der Waals surface area contributed by atoms with E-state index in [1.807, 2.05) is 36.1 Å². The Morgan fingerprint density at radius 1 is 1.18 bits per heavy atom. The van der Waals surface area contributed by atoms with Crippen molar-refractivity contribution < 1.29 is 14.3 Å². The number of nitrogens with zero attached hydrogens (tertiary/aromatic N) is 3. The summed E-state index contributed by atoms with van der Waals surface area (Å²) in [5.74, 6) is -0.451. The lowest BCUT2D eigenvalue weighted by Crippen LogP contribution is -2.44. The second kappa shape index (κ2) is 10.7. The maximum Gasteiger partial charge on any atom is 0.310 e. The standard InChI is InChI=1S/C27H32ClN3O3/c1-4-34-27(33)20-8-7-13-30(16-20)17-26(32)31-25(21-9-5-6-10-23(21)28)15-24(29-31)22-14-18(2)11-12-19(22)3/h5-6,9-12,14,20,25H,4,7-8,13,15-17H2,1-3H3. The molecule has 0 bridgehead atoms. The molecule has 1 amide bonds. The van der Waals surface area contributed by atoms with Crippen LogP contribution in [0.2, 0.25) is 5.02 Å². The van der Waals surface area contributed by atoms with Crippen molar-refractivity contribution in [1.82, 2.24) is 9.91 Å². The van der Waals surface area contributed by atoms with Crippen LogP contribution in [0.15, 0.2) is 47.6 Å². The Bertz CT molecular complexity index is 1100. The zero-order chi connectivity index (χ0) is 24.2. The van der Waals surface area contributed by atoms with Crippen LogP contribution in [0, 0.1) is 19.8 Å². The van der Waals surface area contributed by atoms with Crippen LogP contribution in [0.25, 0.3) is 0 Å². The van der Waals surface area contributed by atoms with Crippen LogP contribution < -0.4 is 0 Å². The van der Waals surface area contributed by atoms with E-state index in [1.54, 1.807) is 5.01 Å². The number of carbonyl (C=O) groups excluding carboxylic acids is 2. The smallest absolute Gasteiger partial charge is 0.310 e. The molecule has 2 atom stereocenters. The third-order valence-electron chi connectivity index (χ3n) is 6.62. The lowest BCUT2D eigenvalue weighted by molar-refractivity contribution is -0.150. The van der Waals surface area contributed by atoms with E-state index < -0.39 is 0 Å². The zero-order valence-corrected chi connectivity index (χ0v) is 20.8. The average molecular weight is 482 g/mol. The average Bonchev–Trinajstić information content (AvgIpc) is 3.26. The minimum atomic E-state index is -0.262. The Morgan fingerprint density at radius 2 is 1.97 bits per heavy atom. The molecule has 0 spiro atoms. The highest BCUT2D eigenvalue weighted by Gasteiger charge is 2.36. The van der Waals surface area contributed by atoms with Crippen molar-refractivity contribution in [3.63, 3.8) is 0 Å². The van der Waals surface area contributed by atoms with Gasteiger partial charge in [0, 0.05) is 23.6 Å². The Hall–Kier alpha value is -2.70. The predicted molar refractivity (Wildman–Crippen MR) is 134 cm³/mol. The molecule has 1 fully saturated rings. The summed E-state index contributed by atoms with van der Waals surface area (Å²) in [4.78, 5) is 27.8. The number of esters is 1. The molecular weight excluding hydrogens is 450 g/mol. The first-order valence-corrected chi connectivity index (χ1v) is 12.4. The molecule has 2 heterocycles. The van der Waals surface area contributed by atoms with Gasteiger partial charge < -0.3 is 4.74 Å². The monoisotopic (exact) mass is 481 g/mol. The molecule has 2 aromatic carbocycles. The molecule has 0 aromatic heterocycles. The van der Waals surface area contributed by atoms with Crippen LogP contribution in [-0.2, 0) is 14.3 Å². The van der Waals surface area contributed by atoms with Gasteiger partial charge in [0.05, 0.1) is 30.8 Å². The van der Waals surface area contributed by atoms with Gasteiger partial charge in [0.15, 0.2) is 0 Å². The van der Waals surface area contributed by atoms with Crippen LogP contribution in [-0.4, -0.2) is 53.7 Å². The largest absolute Gasteiger partial charge is 0.466 e. The molecule has 0 saturated carbocycles. The molecule has 1 saturated heterocycles. The van der Waals surface area contributed by atoms with Crippen LogP contribution >= 0.6 is 11.6 Å². The lowest BCUT2D eigenvalue weighted by atomic mass is 9.95. The van der Waals surface area contributed by atoms with Gasteiger partial charge in [-0.25, -0.2) is 5.01 Å². The second-order valence-corrected chi connectivity index (χ2v) is 9.58.